The smallest absolute Gasteiger partial charge is 0.261 e. The number of unbranched alkanes of at least 4 members (excludes halogenated alkanes) is 1. The van der Waals surface area contributed by atoms with Crippen molar-refractivity contribution in [1.29, 1.82) is 0 Å². The normalized spacial score (nSPS) is 11.9. The Bertz CT molecular complexity index is 324. The van der Waals surface area contributed by atoms with Crippen molar-refractivity contribution in [2.45, 2.75) is 39.2 Å². The van der Waals surface area contributed by atoms with Crippen LogP contribution in [0.3, 0.4) is 0 Å². The fourth-order valence-corrected chi connectivity index (χ4v) is 1.49. The van der Waals surface area contributed by atoms with Crippen molar-refractivity contribution in [3.8, 4) is 5.75 Å². The van der Waals surface area contributed by atoms with E-state index in [9.17, 15) is 4.79 Å². The molecule has 17 heavy (non-hydrogen) atoms. The second-order valence-corrected chi connectivity index (χ2v) is 3.97. The van der Waals surface area contributed by atoms with Gasteiger partial charge in [-0.1, -0.05) is 38.5 Å². The molecule has 1 rings (SSSR count). The van der Waals surface area contributed by atoms with Crippen LogP contribution in [0.25, 0.3) is 0 Å². The van der Waals surface area contributed by atoms with Crippen molar-refractivity contribution in [3.63, 3.8) is 0 Å². The predicted octanol–water partition coefficient (Wildman–Crippen LogP) is 2.76. The topological polar surface area (TPSA) is 38.3 Å². The molecule has 0 bridgehead atoms. The van der Waals surface area contributed by atoms with Gasteiger partial charge in [-0.05, 0) is 25.0 Å². The molecule has 0 aliphatic carbocycles. The third-order valence-corrected chi connectivity index (χ3v) is 2.51. The molecule has 0 fully saturated rings. The highest BCUT2D eigenvalue weighted by atomic mass is 16.5. The highest BCUT2D eigenvalue weighted by molar-refractivity contribution is 5.81. The Morgan fingerprint density at radius 2 is 2.00 bits per heavy atom. The molecule has 1 amide bonds. The van der Waals surface area contributed by atoms with Crippen LogP contribution in [0.1, 0.15) is 33.1 Å². The first-order chi connectivity index (χ1) is 8.27. The van der Waals surface area contributed by atoms with Crippen molar-refractivity contribution in [2.75, 3.05) is 6.54 Å². The molecule has 0 saturated heterocycles. The zero-order valence-electron chi connectivity index (χ0n) is 10.6. The van der Waals surface area contributed by atoms with Crippen LogP contribution in [0.2, 0.25) is 0 Å². The highest BCUT2D eigenvalue weighted by Gasteiger charge is 2.17. The van der Waals surface area contributed by atoms with E-state index in [-0.39, 0.29) is 5.91 Å². The summed E-state index contributed by atoms with van der Waals surface area (Å²) in [5, 5.41) is 2.89. The Kier molecular flexibility index (Phi) is 6.15. The van der Waals surface area contributed by atoms with E-state index in [1.165, 1.54) is 0 Å². The number of carbonyl (C=O) groups is 1. The second-order valence-electron chi connectivity index (χ2n) is 3.97. The third kappa shape index (κ3) is 4.89. The van der Waals surface area contributed by atoms with Gasteiger partial charge >= 0.3 is 0 Å². The van der Waals surface area contributed by atoms with Crippen molar-refractivity contribution >= 4 is 5.91 Å². The lowest BCUT2D eigenvalue weighted by atomic mass is 10.2. The maximum Gasteiger partial charge on any atom is 0.261 e. The van der Waals surface area contributed by atoms with Crippen LogP contribution in [0, 0.1) is 0 Å². The first-order valence-electron chi connectivity index (χ1n) is 6.27. The number of hydrogen-bond donors (Lipinski definition) is 1. The molecule has 1 aromatic carbocycles. The Hall–Kier alpha value is -1.51. The first kappa shape index (κ1) is 13.6. The lowest BCUT2D eigenvalue weighted by Gasteiger charge is -2.17. The Morgan fingerprint density at radius 3 is 2.59 bits per heavy atom. The molecule has 1 N–H and O–H groups in total. The zero-order valence-corrected chi connectivity index (χ0v) is 10.6. The van der Waals surface area contributed by atoms with Gasteiger partial charge in [0.15, 0.2) is 6.10 Å². The van der Waals surface area contributed by atoms with Crippen LogP contribution in [0.5, 0.6) is 5.75 Å². The monoisotopic (exact) mass is 235 g/mol. The van der Waals surface area contributed by atoms with Gasteiger partial charge in [-0.15, -0.1) is 0 Å². The van der Waals surface area contributed by atoms with Crippen LogP contribution in [-0.4, -0.2) is 18.6 Å². The molecular weight excluding hydrogens is 214 g/mol. The molecule has 3 heteroatoms. The first-order valence-corrected chi connectivity index (χ1v) is 6.27. The Morgan fingerprint density at radius 1 is 1.29 bits per heavy atom. The summed E-state index contributed by atoms with van der Waals surface area (Å²) in [4.78, 5) is 11.8. The minimum Gasteiger partial charge on any atom is -0.481 e. The summed E-state index contributed by atoms with van der Waals surface area (Å²) >= 11 is 0. The Labute approximate surface area is 103 Å². The molecule has 94 valence electrons. The van der Waals surface area contributed by atoms with Gasteiger partial charge in [-0.2, -0.15) is 0 Å². The van der Waals surface area contributed by atoms with E-state index in [0.29, 0.717) is 6.42 Å². The van der Waals surface area contributed by atoms with Gasteiger partial charge in [0.05, 0.1) is 0 Å². The summed E-state index contributed by atoms with van der Waals surface area (Å²) < 4.78 is 5.64. The van der Waals surface area contributed by atoms with Gasteiger partial charge in [0.25, 0.3) is 5.91 Å². The summed E-state index contributed by atoms with van der Waals surface area (Å²) in [6.45, 7) is 4.78. The summed E-state index contributed by atoms with van der Waals surface area (Å²) in [6, 6.07) is 9.45. The minimum absolute atomic E-state index is 0.0233. The van der Waals surface area contributed by atoms with Gasteiger partial charge in [0.1, 0.15) is 5.75 Å². The van der Waals surface area contributed by atoms with Crippen LogP contribution in [0.4, 0.5) is 0 Å². The molecule has 0 aliphatic heterocycles. The van der Waals surface area contributed by atoms with Crippen molar-refractivity contribution < 1.29 is 9.53 Å². The Balaban J connectivity index is 2.45. The van der Waals surface area contributed by atoms with Crippen molar-refractivity contribution in [2.24, 2.45) is 0 Å². The number of hydrogen-bond acceptors (Lipinski definition) is 2. The fraction of sp³-hybridized carbons (Fsp3) is 0.500. The molecule has 0 heterocycles. The molecule has 0 aliphatic rings. The maximum absolute atomic E-state index is 11.8. The lowest BCUT2D eigenvalue weighted by Crippen LogP contribution is -2.38. The number of rotatable bonds is 7. The summed E-state index contributed by atoms with van der Waals surface area (Å²) in [7, 11) is 0. The molecule has 1 atom stereocenters. The van der Waals surface area contributed by atoms with E-state index in [1.807, 2.05) is 37.3 Å². The van der Waals surface area contributed by atoms with E-state index in [2.05, 4.69) is 12.2 Å². The van der Waals surface area contributed by atoms with Gasteiger partial charge in [-0.3, -0.25) is 4.79 Å². The van der Waals surface area contributed by atoms with Crippen LogP contribution in [0.15, 0.2) is 30.3 Å². The average Bonchev–Trinajstić information content (AvgIpc) is 2.37. The zero-order chi connectivity index (χ0) is 12.5. The summed E-state index contributed by atoms with van der Waals surface area (Å²) in [5.74, 6) is 0.717. The molecule has 0 radical (unpaired) electrons. The number of carbonyl (C=O) groups excluding carboxylic acids is 1. The third-order valence-electron chi connectivity index (χ3n) is 2.51. The van der Waals surface area contributed by atoms with Gasteiger partial charge in [0, 0.05) is 6.54 Å². The van der Waals surface area contributed by atoms with Gasteiger partial charge in [-0.25, -0.2) is 0 Å². The molecule has 0 unspecified atom stereocenters. The van der Waals surface area contributed by atoms with E-state index in [4.69, 9.17) is 4.74 Å². The van der Waals surface area contributed by atoms with Crippen LogP contribution < -0.4 is 10.1 Å². The molecular formula is C14H21NO2. The number of nitrogens with one attached hydrogen (secondary N) is 1. The molecule has 1 aromatic rings. The minimum atomic E-state index is -0.394. The maximum atomic E-state index is 11.8. The molecule has 0 saturated carbocycles. The summed E-state index contributed by atoms with van der Waals surface area (Å²) in [5.41, 5.74) is 0. The lowest BCUT2D eigenvalue weighted by molar-refractivity contribution is -0.128. The number of benzene rings is 1. The number of para-hydroxylation sites is 1. The average molecular weight is 235 g/mol. The molecule has 0 spiro atoms. The van der Waals surface area contributed by atoms with E-state index in [0.717, 1.165) is 25.1 Å². The van der Waals surface area contributed by atoms with E-state index in [1.54, 1.807) is 0 Å². The molecule has 0 aromatic heterocycles. The van der Waals surface area contributed by atoms with Gasteiger partial charge in [0.2, 0.25) is 0 Å². The fourth-order valence-electron chi connectivity index (χ4n) is 1.49. The molecule has 3 nitrogen and oxygen atoms in total. The van der Waals surface area contributed by atoms with Gasteiger partial charge < -0.3 is 10.1 Å². The van der Waals surface area contributed by atoms with Crippen molar-refractivity contribution in [3.05, 3.63) is 30.3 Å². The second kappa shape index (κ2) is 7.71. The number of amides is 1. The van der Waals surface area contributed by atoms with Crippen LogP contribution in [-0.2, 0) is 4.79 Å². The summed E-state index contributed by atoms with van der Waals surface area (Å²) in [6.07, 6.45) is 2.37. The quantitative estimate of drug-likeness (QED) is 0.738. The predicted molar refractivity (Wildman–Crippen MR) is 69.1 cm³/mol. The van der Waals surface area contributed by atoms with E-state index < -0.39 is 6.10 Å². The van der Waals surface area contributed by atoms with Crippen molar-refractivity contribution in [1.82, 2.24) is 5.32 Å². The SMILES string of the molecule is CCCCNC(=O)[C@H](CC)Oc1ccccc1. The largest absolute Gasteiger partial charge is 0.481 e. The standard InChI is InChI=1S/C14H21NO2/c1-3-5-11-15-14(16)13(4-2)17-12-9-7-6-8-10-12/h6-10,13H,3-5,11H2,1-2H3,(H,15,16)/t13-/m0/s1. The highest BCUT2D eigenvalue weighted by Crippen LogP contribution is 2.12. The number of ether oxygens (including phenoxy) is 1. The van der Waals surface area contributed by atoms with Crippen LogP contribution >= 0.6 is 0 Å². The van der Waals surface area contributed by atoms with E-state index >= 15 is 0 Å².